The van der Waals surface area contributed by atoms with E-state index < -0.39 is 0 Å². The van der Waals surface area contributed by atoms with Crippen LogP contribution < -0.4 is 10.9 Å². The average Bonchev–Trinajstić information content (AvgIpc) is 2.84. The number of ether oxygens (including phenoxy) is 1. The van der Waals surface area contributed by atoms with E-state index in [1.54, 1.807) is 10.8 Å². The lowest BCUT2D eigenvalue weighted by Crippen LogP contribution is -2.39. The van der Waals surface area contributed by atoms with E-state index >= 15 is 0 Å². The molecule has 1 aliphatic rings. The molecule has 4 aromatic rings. The van der Waals surface area contributed by atoms with Crippen molar-refractivity contribution in [2.75, 3.05) is 19.7 Å². The molecule has 0 spiro atoms. The molecule has 7 heteroatoms. The largest absolute Gasteiger partial charge is 0.376 e. The second-order valence-corrected chi connectivity index (χ2v) is 8.89. The van der Waals surface area contributed by atoms with Crippen LogP contribution in [-0.4, -0.2) is 45.3 Å². The molecular formula is C27H29N5O2. The number of nitrogens with one attached hydrogen (secondary N) is 1. The molecule has 1 saturated heterocycles. The molecule has 1 fully saturated rings. The summed E-state index contributed by atoms with van der Waals surface area (Å²) >= 11 is 0. The van der Waals surface area contributed by atoms with Crippen LogP contribution in [0.1, 0.15) is 23.5 Å². The van der Waals surface area contributed by atoms with Crippen molar-refractivity contribution in [1.29, 1.82) is 0 Å². The maximum Gasteiger partial charge on any atom is 0.260 e. The van der Waals surface area contributed by atoms with Crippen LogP contribution in [0.5, 0.6) is 0 Å². The molecule has 1 atom stereocenters. The Morgan fingerprint density at radius 1 is 1.09 bits per heavy atom. The standard InChI is InChI=1S/C27H29N5O2/c1-17-13-20(25-6-4-5-18(2)30-25)7-8-23(17)24-14-21-15-29-19(3)31-26(21)32(27(24)33)11-9-22-16-28-10-12-34-22/h4-8,13-15,22,28H,9-12,16H2,1-3H3. The van der Waals surface area contributed by atoms with Crippen molar-refractivity contribution < 1.29 is 4.74 Å². The zero-order valence-corrected chi connectivity index (χ0v) is 19.8. The Morgan fingerprint density at radius 2 is 1.97 bits per heavy atom. The normalized spacial score (nSPS) is 16.1. The predicted molar refractivity (Wildman–Crippen MR) is 134 cm³/mol. The van der Waals surface area contributed by atoms with Gasteiger partial charge in [-0.25, -0.2) is 9.97 Å². The first kappa shape index (κ1) is 22.4. The van der Waals surface area contributed by atoms with Crippen molar-refractivity contribution in [3.8, 4) is 22.4 Å². The highest BCUT2D eigenvalue weighted by molar-refractivity contribution is 5.82. The van der Waals surface area contributed by atoms with Gasteiger partial charge in [-0.1, -0.05) is 18.2 Å². The summed E-state index contributed by atoms with van der Waals surface area (Å²) in [4.78, 5) is 27.4. The van der Waals surface area contributed by atoms with Gasteiger partial charge in [0.2, 0.25) is 0 Å². The second kappa shape index (κ2) is 9.44. The first-order chi connectivity index (χ1) is 16.5. The fourth-order valence-corrected chi connectivity index (χ4v) is 4.55. The van der Waals surface area contributed by atoms with Crippen LogP contribution in [0.4, 0.5) is 0 Å². The Labute approximate surface area is 198 Å². The van der Waals surface area contributed by atoms with Crippen molar-refractivity contribution >= 4 is 11.0 Å². The van der Waals surface area contributed by atoms with E-state index in [0.29, 0.717) is 30.2 Å². The van der Waals surface area contributed by atoms with Crippen LogP contribution in [0.25, 0.3) is 33.4 Å². The maximum absolute atomic E-state index is 13.8. The minimum absolute atomic E-state index is 0.0427. The minimum atomic E-state index is -0.0427. The van der Waals surface area contributed by atoms with Gasteiger partial charge in [-0.05, 0) is 62.6 Å². The molecule has 0 aliphatic carbocycles. The second-order valence-electron chi connectivity index (χ2n) is 8.89. The maximum atomic E-state index is 13.8. The fourth-order valence-electron chi connectivity index (χ4n) is 4.55. The van der Waals surface area contributed by atoms with Crippen LogP contribution in [0.15, 0.2) is 53.5 Å². The lowest BCUT2D eigenvalue weighted by molar-refractivity contribution is 0.0211. The predicted octanol–water partition coefficient (Wildman–Crippen LogP) is 3.82. The van der Waals surface area contributed by atoms with Gasteiger partial charge in [0.15, 0.2) is 0 Å². The number of nitrogens with zero attached hydrogens (tertiary/aromatic N) is 4. The van der Waals surface area contributed by atoms with Crippen LogP contribution in [0, 0.1) is 20.8 Å². The zero-order valence-electron chi connectivity index (χ0n) is 19.8. The lowest BCUT2D eigenvalue weighted by Gasteiger charge is -2.24. The number of fused-ring (bicyclic) bond motifs is 1. The monoisotopic (exact) mass is 455 g/mol. The smallest absolute Gasteiger partial charge is 0.260 e. The van der Waals surface area contributed by atoms with Crippen molar-refractivity contribution in [3.05, 3.63) is 76.1 Å². The van der Waals surface area contributed by atoms with Crippen molar-refractivity contribution in [2.45, 2.75) is 39.8 Å². The summed E-state index contributed by atoms with van der Waals surface area (Å²) in [6.45, 7) is 8.77. The third kappa shape index (κ3) is 4.49. The SMILES string of the molecule is Cc1cccc(-c2ccc(-c3cc4cnc(C)nc4n(CCC4CNCCO4)c3=O)c(C)c2)n1. The van der Waals surface area contributed by atoms with Gasteiger partial charge >= 0.3 is 0 Å². The molecule has 1 aliphatic heterocycles. The highest BCUT2D eigenvalue weighted by Gasteiger charge is 2.18. The van der Waals surface area contributed by atoms with Gasteiger partial charge in [0.1, 0.15) is 11.5 Å². The Bertz CT molecular complexity index is 1410. The summed E-state index contributed by atoms with van der Waals surface area (Å²) < 4.78 is 7.64. The summed E-state index contributed by atoms with van der Waals surface area (Å²) in [6.07, 6.45) is 2.63. The Balaban J connectivity index is 1.57. The van der Waals surface area contributed by atoms with Gasteiger partial charge < -0.3 is 10.1 Å². The number of hydrogen-bond donors (Lipinski definition) is 1. The minimum Gasteiger partial charge on any atom is -0.376 e. The molecule has 174 valence electrons. The summed E-state index contributed by atoms with van der Waals surface area (Å²) in [5, 5.41) is 4.21. The van der Waals surface area contributed by atoms with Crippen LogP contribution in [0.2, 0.25) is 0 Å². The molecular weight excluding hydrogens is 426 g/mol. The Kier molecular flexibility index (Phi) is 6.22. The van der Waals surface area contributed by atoms with Crippen LogP contribution in [-0.2, 0) is 11.3 Å². The number of rotatable bonds is 5. The third-order valence-electron chi connectivity index (χ3n) is 6.33. The molecule has 5 rings (SSSR count). The van der Waals surface area contributed by atoms with Gasteiger partial charge in [0.25, 0.3) is 5.56 Å². The number of aryl methyl sites for hydroxylation is 4. The number of benzene rings is 1. The zero-order chi connectivity index (χ0) is 23.7. The molecule has 0 saturated carbocycles. The molecule has 1 aromatic carbocycles. The number of aromatic nitrogens is 4. The van der Waals surface area contributed by atoms with Gasteiger partial charge in [-0.2, -0.15) is 0 Å². The molecule has 1 unspecified atom stereocenters. The molecule has 7 nitrogen and oxygen atoms in total. The van der Waals surface area contributed by atoms with Gasteiger partial charge in [-0.3, -0.25) is 14.3 Å². The Hall–Kier alpha value is -3.42. The van der Waals surface area contributed by atoms with E-state index in [2.05, 4.69) is 26.3 Å². The molecule has 1 N–H and O–H groups in total. The number of morpholine rings is 1. The van der Waals surface area contributed by atoms with E-state index in [1.807, 2.05) is 57.2 Å². The van der Waals surface area contributed by atoms with E-state index in [-0.39, 0.29) is 11.7 Å². The fraction of sp³-hybridized carbons (Fsp3) is 0.333. The molecule has 0 bridgehead atoms. The van der Waals surface area contributed by atoms with Gasteiger partial charge in [0.05, 0.1) is 18.4 Å². The summed E-state index contributed by atoms with van der Waals surface area (Å²) in [5.74, 6) is 0.648. The average molecular weight is 456 g/mol. The van der Waals surface area contributed by atoms with Crippen LogP contribution >= 0.6 is 0 Å². The summed E-state index contributed by atoms with van der Waals surface area (Å²) in [6, 6.07) is 14.1. The van der Waals surface area contributed by atoms with Crippen LogP contribution in [0.3, 0.4) is 0 Å². The van der Waals surface area contributed by atoms with Gasteiger partial charge in [-0.15, -0.1) is 0 Å². The first-order valence-electron chi connectivity index (χ1n) is 11.7. The van der Waals surface area contributed by atoms with Crippen molar-refractivity contribution in [3.63, 3.8) is 0 Å². The lowest BCUT2D eigenvalue weighted by atomic mass is 9.97. The quantitative estimate of drug-likeness (QED) is 0.493. The van der Waals surface area contributed by atoms with Gasteiger partial charge in [0, 0.05) is 48.0 Å². The van der Waals surface area contributed by atoms with E-state index in [0.717, 1.165) is 53.0 Å². The number of pyridine rings is 2. The number of hydrogen-bond acceptors (Lipinski definition) is 6. The summed E-state index contributed by atoms with van der Waals surface area (Å²) in [5.41, 5.74) is 6.16. The molecule has 0 amide bonds. The van der Waals surface area contributed by atoms with E-state index in [4.69, 9.17) is 4.74 Å². The highest BCUT2D eigenvalue weighted by atomic mass is 16.5. The van der Waals surface area contributed by atoms with Crippen molar-refractivity contribution in [2.24, 2.45) is 0 Å². The molecule has 3 aromatic heterocycles. The topological polar surface area (TPSA) is 81.9 Å². The molecule has 34 heavy (non-hydrogen) atoms. The highest BCUT2D eigenvalue weighted by Crippen LogP contribution is 2.28. The molecule has 4 heterocycles. The third-order valence-corrected chi connectivity index (χ3v) is 6.33. The Morgan fingerprint density at radius 3 is 2.74 bits per heavy atom. The van der Waals surface area contributed by atoms with E-state index in [9.17, 15) is 4.79 Å². The van der Waals surface area contributed by atoms with Crippen molar-refractivity contribution in [1.82, 2.24) is 24.8 Å². The summed E-state index contributed by atoms with van der Waals surface area (Å²) in [7, 11) is 0. The van der Waals surface area contributed by atoms with E-state index in [1.165, 1.54) is 0 Å². The molecule has 0 radical (unpaired) electrons. The first-order valence-corrected chi connectivity index (χ1v) is 11.7.